The molecule has 0 rings (SSSR count). The highest BCUT2D eigenvalue weighted by molar-refractivity contribution is 5.76. The van der Waals surface area contributed by atoms with Gasteiger partial charge in [-0.2, -0.15) is 0 Å². The summed E-state index contributed by atoms with van der Waals surface area (Å²) in [6, 6.07) is -0.630. The summed E-state index contributed by atoms with van der Waals surface area (Å²) in [7, 11) is 0. The van der Waals surface area contributed by atoms with E-state index in [1.807, 2.05) is 6.08 Å². The third-order valence-electron chi connectivity index (χ3n) is 15.7. The van der Waals surface area contributed by atoms with Crippen molar-refractivity contribution in [1.82, 2.24) is 5.32 Å². The van der Waals surface area contributed by atoms with Crippen molar-refractivity contribution in [2.75, 3.05) is 13.2 Å². The van der Waals surface area contributed by atoms with Gasteiger partial charge in [0.1, 0.15) is 0 Å². The minimum atomic E-state index is -0.847. The van der Waals surface area contributed by atoms with Crippen LogP contribution < -0.4 is 5.32 Å². The Hall–Kier alpha value is -1.92. The molecule has 0 spiro atoms. The molecule has 2 unspecified atom stereocenters. The number of carbonyl (C=O) groups is 2. The van der Waals surface area contributed by atoms with Crippen LogP contribution in [0.1, 0.15) is 367 Å². The van der Waals surface area contributed by atoms with E-state index in [0.29, 0.717) is 19.4 Å². The lowest BCUT2D eigenvalue weighted by molar-refractivity contribution is -0.143. The average Bonchev–Trinajstić information content (AvgIpc) is 3.41. The molecule has 0 heterocycles. The van der Waals surface area contributed by atoms with Gasteiger partial charge in [0.2, 0.25) is 5.91 Å². The minimum Gasteiger partial charge on any atom is -0.466 e. The maximum Gasteiger partial charge on any atom is 0.305 e. The molecule has 0 bridgehead atoms. The number of hydrogen-bond acceptors (Lipinski definition) is 5. The first kappa shape index (κ1) is 73.1. The summed E-state index contributed by atoms with van der Waals surface area (Å²) in [6.07, 6.45) is 82.0. The summed E-state index contributed by atoms with van der Waals surface area (Å²) in [4.78, 5) is 24.6. The normalized spacial score (nSPS) is 12.7. The number of carbonyl (C=O) groups excluding carboxylic acids is 2. The lowest BCUT2D eigenvalue weighted by Gasteiger charge is -2.20. The van der Waals surface area contributed by atoms with Crippen molar-refractivity contribution in [3.05, 3.63) is 36.5 Å². The van der Waals surface area contributed by atoms with Gasteiger partial charge in [0.05, 0.1) is 25.4 Å². The fraction of sp³-hybridized carbons (Fsp3) is 0.884. The van der Waals surface area contributed by atoms with Crippen LogP contribution in [-0.4, -0.2) is 47.4 Å². The van der Waals surface area contributed by atoms with Gasteiger partial charge < -0.3 is 20.3 Å². The molecule has 0 aliphatic heterocycles. The zero-order valence-corrected chi connectivity index (χ0v) is 50.5. The Bertz CT molecular complexity index is 1210. The predicted molar refractivity (Wildman–Crippen MR) is 329 cm³/mol. The third-order valence-corrected chi connectivity index (χ3v) is 15.7. The number of unbranched alkanes of at least 4 members (excludes halogenated alkanes) is 48. The molecule has 6 nitrogen and oxygen atoms in total. The molecule has 6 heteroatoms. The van der Waals surface area contributed by atoms with E-state index in [1.54, 1.807) is 6.08 Å². The van der Waals surface area contributed by atoms with Crippen molar-refractivity contribution in [3.63, 3.8) is 0 Å². The highest BCUT2D eigenvalue weighted by atomic mass is 16.5. The molecule has 442 valence electrons. The van der Waals surface area contributed by atoms with E-state index in [2.05, 4.69) is 43.5 Å². The molecule has 0 aromatic carbocycles. The fourth-order valence-corrected chi connectivity index (χ4v) is 10.5. The number of hydrogen-bond donors (Lipinski definition) is 3. The monoisotopic (exact) mass is 1050 g/mol. The van der Waals surface area contributed by atoms with Crippen LogP contribution in [-0.2, 0) is 14.3 Å². The highest BCUT2D eigenvalue weighted by Gasteiger charge is 2.18. The molecule has 2 atom stereocenters. The number of rotatable bonds is 63. The Labute approximate surface area is 468 Å². The van der Waals surface area contributed by atoms with Crippen molar-refractivity contribution in [1.29, 1.82) is 0 Å². The third kappa shape index (κ3) is 61.2. The van der Waals surface area contributed by atoms with Gasteiger partial charge in [-0.25, -0.2) is 0 Å². The van der Waals surface area contributed by atoms with Gasteiger partial charge in [-0.1, -0.05) is 326 Å². The summed E-state index contributed by atoms with van der Waals surface area (Å²) in [5.74, 6) is -0.0680. The fourth-order valence-electron chi connectivity index (χ4n) is 10.5. The first-order valence-electron chi connectivity index (χ1n) is 33.8. The molecule has 0 aromatic heterocycles. The Morgan fingerprint density at radius 1 is 0.373 bits per heavy atom. The van der Waals surface area contributed by atoms with Crippen molar-refractivity contribution in [3.8, 4) is 0 Å². The van der Waals surface area contributed by atoms with Crippen LogP contribution in [0.5, 0.6) is 0 Å². The summed E-state index contributed by atoms with van der Waals surface area (Å²) in [5, 5.41) is 23.2. The van der Waals surface area contributed by atoms with Crippen LogP contribution in [0.15, 0.2) is 36.5 Å². The summed E-state index contributed by atoms with van der Waals surface area (Å²) in [6.45, 7) is 4.90. The Balaban J connectivity index is 3.42. The molecule has 1 amide bonds. The van der Waals surface area contributed by atoms with E-state index in [-0.39, 0.29) is 18.5 Å². The van der Waals surface area contributed by atoms with Crippen molar-refractivity contribution >= 4 is 11.9 Å². The minimum absolute atomic E-state index is 0.00217. The number of aliphatic hydroxyl groups excluding tert-OH is 2. The van der Waals surface area contributed by atoms with Gasteiger partial charge in [-0.3, -0.25) is 9.59 Å². The number of aliphatic hydroxyl groups is 2. The zero-order chi connectivity index (χ0) is 54.3. The van der Waals surface area contributed by atoms with Crippen LogP contribution in [0.4, 0.5) is 0 Å². The standard InChI is InChI=1S/C69H131NO5/c1-3-5-7-9-11-13-15-17-19-20-21-22-24-27-30-34-37-41-45-49-53-57-61-67(72)66(65-71)70-68(73)62-58-54-50-46-42-38-35-31-28-25-23-26-29-32-36-40-44-48-52-56-60-64-75-69(74)63-59-55-51-47-43-39-33-18-16-14-12-10-8-6-4-2/h12,14,18,33,57,61,66-67,71-72H,3-11,13,15-17,19-32,34-56,58-60,62-65H2,1-2H3,(H,70,73)/b14-12-,33-18-,61-57+. The van der Waals surface area contributed by atoms with Crippen LogP contribution in [0.3, 0.4) is 0 Å². The lowest BCUT2D eigenvalue weighted by Crippen LogP contribution is -2.45. The first-order chi connectivity index (χ1) is 37.0. The van der Waals surface area contributed by atoms with Gasteiger partial charge in [0.25, 0.3) is 0 Å². The number of amides is 1. The van der Waals surface area contributed by atoms with E-state index in [4.69, 9.17) is 4.74 Å². The molecular weight excluding hydrogens is 923 g/mol. The second-order valence-corrected chi connectivity index (χ2v) is 23.2. The zero-order valence-electron chi connectivity index (χ0n) is 50.5. The molecule has 0 saturated carbocycles. The topological polar surface area (TPSA) is 95.9 Å². The van der Waals surface area contributed by atoms with Crippen molar-refractivity contribution < 1.29 is 24.5 Å². The molecule has 0 saturated heterocycles. The van der Waals surface area contributed by atoms with Crippen molar-refractivity contribution in [2.45, 2.75) is 379 Å². The van der Waals surface area contributed by atoms with E-state index in [0.717, 1.165) is 51.4 Å². The summed E-state index contributed by atoms with van der Waals surface area (Å²) in [5.41, 5.74) is 0. The number of esters is 1. The molecule has 75 heavy (non-hydrogen) atoms. The Morgan fingerprint density at radius 3 is 1.04 bits per heavy atom. The second-order valence-electron chi connectivity index (χ2n) is 23.2. The van der Waals surface area contributed by atoms with Gasteiger partial charge >= 0.3 is 5.97 Å². The molecule has 0 radical (unpaired) electrons. The lowest BCUT2D eigenvalue weighted by atomic mass is 10.0. The molecule has 3 N–H and O–H groups in total. The average molecular weight is 1050 g/mol. The van der Waals surface area contributed by atoms with Crippen molar-refractivity contribution in [2.24, 2.45) is 0 Å². The van der Waals surface area contributed by atoms with E-state index >= 15 is 0 Å². The highest BCUT2D eigenvalue weighted by Crippen LogP contribution is 2.18. The Kier molecular flexibility index (Phi) is 63.0. The van der Waals surface area contributed by atoms with Crippen LogP contribution in [0.2, 0.25) is 0 Å². The molecule has 0 aromatic rings. The van der Waals surface area contributed by atoms with Gasteiger partial charge in [-0.05, 0) is 64.2 Å². The second kappa shape index (κ2) is 64.6. The predicted octanol–water partition coefficient (Wildman–Crippen LogP) is 21.5. The van der Waals surface area contributed by atoms with Gasteiger partial charge in [0.15, 0.2) is 0 Å². The summed E-state index contributed by atoms with van der Waals surface area (Å²) < 4.78 is 5.48. The van der Waals surface area contributed by atoms with E-state index in [9.17, 15) is 19.8 Å². The quantitative estimate of drug-likeness (QED) is 0.0320. The van der Waals surface area contributed by atoms with Crippen LogP contribution >= 0.6 is 0 Å². The SMILES string of the molecule is CCCCC/C=C\C/C=C\CCCCCCCC(=O)OCCCCCCCCCCCCCCCCCCCCCCCC(=O)NC(CO)C(O)/C=C/CCCCCCCCCCCCCCCCCCCCCC. The maximum atomic E-state index is 12.5. The van der Waals surface area contributed by atoms with Crippen LogP contribution in [0.25, 0.3) is 0 Å². The molecule has 0 fully saturated rings. The van der Waals surface area contributed by atoms with E-state index < -0.39 is 12.1 Å². The van der Waals surface area contributed by atoms with Crippen LogP contribution in [0, 0.1) is 0 Å². The summed E-state index contributed by atoms with van der Waals surface area (Å²) >= 11 is 0. The van der Waals surface area contributed by atoms with Gasteiger partial charge in [0, 0.05) is 12.8 Å². The van der Waals surface area contributed by atoms with E-state index in [1.165, 1.54) is 289 Å². The smallest absolute Gasteiger partial charge is 0.305 e. The van der Waals surface area contributed by atoms with Gasteiger partial charge in [-0.15, -0.1) is 0 Å². The number of nitrogens with one attached hydrogen (secondary N) is 1. The first-order valence-corrected chi connectivity index (χ1v) is 33.8. The molecule has 0 aliphatic carbocycles. The molecule has 0 aliphatic rings. The maximum absolute atomic E-state index is 12.5. The number of allylic oxidation sites excluding steroid dienone is 5. The largest absolute Gasteiger partial charge is 0.466 e. The molecular formula is C69H131NO5. The number of ether oxygens (including phenoxy) is 1. The Morgan fingerprint density at radius 2 is 0.667 bits per heavy atom.